The van der Waals surface area contributed by atoms with Gasteiger partial charge in [0.15, 0.2) is 11.8 Å². The molecule has 49 heavy (non-hydrogen) atoms. The van der Waals surface area contributed by atoms with Gasteiger partial charge in [0.2, 0.25) is 6.29 Å². The predicted octanol–water partition coefficient (Wildman–Crippen LogP) is 5.34. The minimum atomic E-state index is -0.992. The fourth-order valence-electron chi connectivity index (χ4n) is 6.82. The number of ether oxygens (including phenoxy) is 4. The first-order valence-electron chi connectivity index (χ1n) is 16.4. The van der Waals surface area contributed by atoms with Gasteiger partial charge in [0.25, 0.3) is 0 Å². The molecule has 4 atom stereocenters. The van der Waals surface area contributed by atoms with E-state index in [0.717, 1.165) is 24.0 Å². The summed E-state index contributed by atoms with van der Waals surface area (Å²) in [5, 5.41) is 14.8. The first kappa shape index (κ1) is 33.6. The van der Waals surface area contributed by atoms with Gasteiger partial charge in [-0.3, -0.25) is 18.9 Å². The lowest BCUT2D eigenvalue weighted by atomic mass is 9.96. The van der Waals surface area contributed by atoms with Crippen molar-refractivity contribution >= 4 is 34.7 Å². The molecule has 0 bridgehead atoms. The summed E-state index contributed by atoms with van der Waals surface area (Å²) in [5.74, 6) is -0.350. The van der Waals surface area contributed by atoms with Crippen LogP contribution < -0.4 is 9.64 Å². The number of nitrogens with zero attached hydrogens (tertiary/aromatic N) is 7. The summed E-state index contributed by atoms with van der Waals surface area (Å²) in [6.45, 7) is 3.19. The number of benzene rings is 1. The number of amides is 1. The summed E-state index contributed by atoms with van der Waals surface area (Å²) in [4.78, 5) is 48.5. The van der Waals surface area contributed by atoms with Gasteiger partial charge in [0.05, 0.1) is 43.2 Å². The smallest absolute Gasteiger partial charge is 0.335 e. The van der Waals surface area contributed by atoms with E-state index in [2.05, 4.69) is 21.1 Å². The van der Waals surface area contributed by atoms with E-state index in [-0.39, 0.29) is 18.9 Å². The first-order valence-corrected chi connectivity index (χ1v) is 16.4. The van der Waals surface area contributed by atoms with Gasteiger partial charge in [-0.25, -0.2) is 19.6 Å². The van der Waals surface area contributed by atoms with Crippen LogP contribution in [0.1, 0.15) is 63.5 Å². The van der Waals surface area contributed by atoms with Gasteiger partial charge in [-0.05, 0) is 49.4 Å². The average Bonchev–Trinajstić information content (AvgIpc) is 3.88. The molecule has 1 saturated heterocycles. The largest absolute Gasteiger partial charge is 0.467 e. The number of anilines is 1. The summed E-state index contributed by atoms with van der Waals surface area (Å²) >= 11 is 0. The lowest BCUT2D eigenvalue weighted by Crippen LogP contribution is -2.44. The van der Waals surface area contributed by atoms with E-state index in [9.17, 15) is 19.6 Å². The molecule has 1 aliphatic heterocycles. The van der Waals surface area contributed by atoms with Crippen molar-refractivity contribution in [2.24, 2.45) is 5.92 Å². The molecular formula is C35H39N7O7. The molecule has 0 N–H and O–H groups in total. The number of hydrogen-bond donors (Lipinski definition) is 0. The Morgan fingerprint density at radius 1 is 1.16 bits per heavy atom. The van der Waals surface area contributed by atoms with Crippen molar-refractivity contribution in [1.29, 1.82) is 5.26 Å². The van der Waals surface area contributed by atoms with Crippen LogP contribution in [0.3, 0.4) is 0 Å². The molecule has 14 heteroatoms. The zero-order valence-electron chi connectivity index (χ0n) is 27.9. The Labute approximate surface area is 283 Å². The molecule has 4 heterocycles. The molecule has 1 aromatic carbocycles. The summed E-state index contributed by atoms with van der Waals surface area (Å²) in [5.41, 5.74) is 3.14. The van der Waals surface area contributed by atoms with Crippen LogP contribution in [0.5, 0.6) is 5.75 Å². The molecule has 0 radical (unpaired) electrons. The molecular weight excluding hydrogens is 630 g/mol. The predicted molar refractivity (Wildman–Crippen MR) is 176 cm³/mol. The molecule has 0 spiro atoms. The molecule has 256 valence electrons. The van der Waals surface area contributed by atoms with Gasteiger partial charge in [-0.2, -0.15) is 10.4 Å². The number of aromatic nitrogens is 5. The number of fused-ring (bicyclic) bond motifs is 1. The number of carbonyl (C=O) groups excluding carboxylic acids is 3. The lowest BCUT2D eigenvalue weighted by molar-refractivity contribution is -0.204. The molecule has 1 aliphatic carbocycles. The van der Waals surface area contributed by atoms with E-state index in [4.69, 9.17) is 18.9 Å². The van der Waals surface area contributed by atoms with Crippen LogP contribution in [0.2, 0.25) is 0 Å². The van der Waals surface area contributed by atoms with Crippen molar-refractivity contribution in [1.82, 2.24) is 24.3 Å². The van der Waals surface area contributed by atoms with Crippen LogP contribution >= 0.6 is 0 Å². The van der Waals surface area contributed by atoms with Crippen molar-refractivity contribution in [2.45, 2.75) is 83.3 Å². The second kappa shape index (κ2) is 14.4. The van der Waals surface area contributed by atoms with E-state index < -0.39 is 36.5 Å². The fraction of sp³-hybridized carbons (Fsp3) is 0.457. The Morgan fingerprint density at radius 2 is 1.96 bits per heavy atom. The summed E-state index contributed by atoms with van der Waals surface area (Å²) in [7, 11) is 2.88. The molecule has 1 saturated carbocycles. The number of carbonyl (C=O) groups is 3. The normalized spacial score (nSPS) is 20.0. The molecule has 2 fully saturated rings. The quantitative estimate of drug-likeness (QED) is 0.211. The maximum atomic E-state index is 14.1. The number of methoxy groups -OCH3 is 1. The minimum absolute atomic E-state index is 0.00190. The highest BCUT2D eigenvalue weighted by Crippen LogP contribution is 2.37. The van der Waals surface area contributed by atoms with Crippen LogP contribution in [0.15, 0.2) is 49.2 Å². The number of aryl methyl sites for hydroxylation is 1. The standard InChI is InChI=1S/C35H39N7O7/c1-21-9-10-29(48-31-17-25(47-22(2)43)16-30(49-31)34(44)46-4)28(15-21)40(3)35(45)41-14-12-26-32(37-20-38-33(26)41)24-18-39-42(19-24)27(11-13-36)23-7-5-6-8-23/h9-10,12,14-15,18-20,23,25,27,30-31H,5-8,11,16-17H2,1-4H3/t25-,27+,30-,31+/m0/s1. The average molecular weight is 670 g/mol. The highest BCUT2D eigenvalue weighted by molar-refractivity contribution is 6.02. The summed E-state index contributed by atoms with van der Waals surface area (Å²) in [6, 6.07) is 9.07. The zero-order valence-corrected chi connectivity index (χ0v) is 27.9. The fourth-order valence-corrected chi connectivity index (χ4v) is 6.82. The number of hydrogen-bond acceptors (Lipinski definition) is 11. The van der Waals surface area contributed by atoms with Gasteiger partial charge in [-0.1, -0.05) is 18.9 Å². The summed E-state index contributed by atoms with van der Waals surface area (Å²) in [6.07, 6.45) is 9.36. The van der Waals surface area contributed by atoms with E-state index in [0.29, 0.717) is 40.5 Å². The zero-order chi connectivity index (χ0) is 34.7. The van der Waals surface area contributed by atoms with Gasteiger partial charge in [-0.15, -0.1) is 0 Å². The molecule has 1 amide bonds. The first-order chi connectivity index (χ1) is 23.7. The van der Waals surface area contributed by atoms with E-state index in [1.165, 1.54) is 42.7 Å². The van der Waals surface area contributed by atoms with Crippen LogP contribution in [-0.4, -0.2) is 74.9 Å². The number of esters is 2. The Bertz CT molecular complexity index is 1890. The third-order valence-corrected chi connectivity index (χ3v) is 9.21. The van der Waals surface area contributed by atoms with E-state index >= 15 is 0 Å². The molecule has 6 rings (SSSR count). The van der Waals surface area contributed by atoms with E-state index in [1.54, 1.807) is 37.6 Å². The minimum Gasteiger partial charge on any atom is -0.467 e. The second-order valence-corrected chi connectivity index (χ2v) is 12.5. The number of nitriles is 1. The SMILES string of the molecule is COC(=O)[C@@H]1C[C@H](OC(C)=O)C[C@H](Oc2ccc(C)cc2N(C)C(=O)n2ccc3c(-c4cnn([C@H](CC#N)C5CCCC5)c4)ncnc32)O1. The van der Waals surface area contributed by atoms with Gasteiger partial charge in [0.1, 0.15) is 18.2 Å². The highest BCUT2D eigenvalue weighted by atomic mass is 16.7. The van der Waals surface area contributed by atoms with Crippen molar-refractivity contribution in [3.8, 4) is 23.1 Å². The van der Waals surface area contributed by atoms with Crippen molar-refractivity contribution in [3.05, 3.63) is 54.7 Å². The topological polar surface area (TPSA) is 164 Å². The van der Waals surface area contributed by atoms with Crippen molar-refractivity contribution in [2.75, 3.05) is 19.1 Å². The van der Waals surface area contributed by atoms with Crippen LogP contribution in [0, 0.1) is 24.2 Å². The Kier molecular flexibility index (Phi) is 9.91. The van der Waals surface area contributed by atoms with E-state index in [1.807, 2.05) is 23.9 Å². The third kappa shape index (κ3) is 7.12. The molecule has 4 aromatic rings. The number of rotatable bonds is 9. The van der Waals surface area contributed by atoms with Crippen molar-refractivity contribution < 1.29 is 33.3 Å². The molecule has 3 aromatic heterocycles. The van der Waals surface area contributed by atoms with Gasteiger partial charge >= 0.3 is 18.0 Å². The molecule has 0 unspecified atom stereocenters. The maximum Gasteiger partial charge on any atom is 0.335 e. The highest BCUT2D eigenvalue weighted by Gasteiger charge is 2.38. The summed E-state index contributed by atoms with van der Waals surface area (Å²) < 4.78 is 25.7. The van der Waals surface area contributed by atoms with Gasteiger partial charge in [0, 0.05) is 50.2 Å². The van der Waals surface area contributed by atoms with Crippen LogP contribution in [0.4, 0.5) is 10.5 Å². The lowest BCUT2D eigenvalue weighted by Gasteiger charge is -2.34. The molecule has 2 aliphatic rings. The van der Waals surface area contributed by atoms with Crippen LogP contribution in [0.25, 0.3) is 22.3 Å². The van der Waals surface area contributed by atoms with Gasteiger partial charge < -0.3 is 18.9 Å². The Balaban J connectivity index is 1.26. The Morgan fingerprint density at radius 3 is 2.69 bits per heavy atom. The third-order valence-electron chi connectivity index (χ3n) is 9.21. The molecule has 14 nitrogen and oxygen atoms in total. The second-order valence-electron chi connectivity index (χ2n) is 12.5. The van der Waals surface area contributed by atoms with Crippen LogP contribution in [-0.2, 0) is 23.8 Å². The van der Waals surface area contributed by atoms with Crippen molar-refractivity contribution in [3.63, 3.8) is 0 Å². The Hall–Kier alpha value is -5.29. The maximum absolute atomic E-state index is 14.1. The monoisotopic (exact) mass is 669 g/mol.